The molecule has 194 valence electrons. The van der Waals surface area contributed by atoms with Crippen LogP contribution in [0.4, 0.5) is 0 Å². The first-order chi connectivity index (χ1) is 17.7. The molecule has 5 nitrogen and oxygen atoms in total. The van der Waals surface area contributed by atoms with Gasteiger partial charge in [-0.15, -0.1) is 0 Å². The highest BCUT2D eigenvalue weighted by Crippen LogP contribution is 2.61. The highest BCUT2D eigenvalue weighted by atomic mass is 16.7. The summed E-state index contributed by atoms with van der Waals surface area (Å²) in [6, 6.07) is 12.2. The molecule has 1 saturated heterocycles. The number of benzene rings is 2. The monoisotopic (exact) mass is 498 g/mol. The van der Waals surface area contributed by atoms with Gasteiger partial charge >= 0.3 is 5.97 Å². The fourth-order valence-electron chi connectivity index (χ4n) is 7.55. The van der Waals surface area contributed by atoms with E-state index in [1.54, 1.807) is 28.8 Å². The fourth-order valence-corrected chi connectivity index (χ4v) is 7.55. The van der Waals surface area contributed by atoms with Crippen molar-refractivity contribution in [3.8, 4) is 0 Å². The maximum Gasteiger partial charge on any atom is 0.335 e. The van der Waals surface area contributed by atoms with Crippen molar-refractivity contribution < 1.29 is 14.7 Å². The zero-order valence-electron chi connectivity index (χ0n) is 22.2. The van der Waals surface area contributed by atoms with E-state index in [9.17, 15) is 4.79 Å². The van der Waals surface area contributed by atoms with Gasteiger partial charge in [0.1, 0.15) is 5.60 Å². The van der Waals surface area contributed by atoms with Crippen LogP contribution in [0.2, 0.25) is 0 Å². The number of oxime groups is 1. The van der Waals surface area contributed by atoms with Crippen molar-refractivity contribution in [3.05, 3.63) is 69.8 Å². The zero-order valence-corrected chi connectivity index (χ0v) is 22.2. The SMILES string of the molecule is CC1(C)Cc2c(C3CC3)cc(CN3CCC4(CC3)CC(c3ccc(C(=O)O)cc3)=NO4)cc2C2(CC2)C1. The Morgan fingerprint density at radius 2 is 1.78 bits per heavy atom. The van der Waals surface area contributed by atoms with Crippen LogP contribution in [0.1, 0.15) is 109 Å². The van der Waals surface area contributed by atoms with Crippen molar-refractivity contribution in [1.29, 1.82) is 0 Å². The average molecular weight is 499 g/mol. The Kier molecular flexibility index (Phi) is 5.18. The van der Waals surface area contributed by atoms with E-state index in [2.05, 4.69) is 36.0 Å². The minimum absolute atomic E-state index is 0.212. The van der Waals surface area contributed by atoms with Crippen LogP contribution in [0.25, 0.3) is 0 Å². The van der Waals surface area contributed by atoms with Gasteiger partial charge in [0, 0.05) is 38.9 Å². The quantitative estimate of drug-likeness (QED) is 0.516. The first-order valence-corrected chi connectivity index (χ1v) is 14.2. The molecule has 3 fully saturated rings. The predicted molar refractivity (Wildman–Crippen MR) is 144 cm³/mol. The standard InChI is InChI=1S/C32H38N2O3/c1-30(2)17-26-25(22-3-4-22)15-21(16-27(26)31(20-30)9-10-31)19-34-13-11-32(12-14-34)18-28(33-37-32)23-5-7-24(8-6-23)29(35)36/h5-8,15-16,22H,3-4,9-14,17-20H2,1-2H3,(H,35,36). The molecule has 2 aromatic rings. The molecule has 0 atom stereocenters. The number of fused-ring (bicyclic) bond motifs is 2. The molecule has 1 N–H and O–H groups in total. The molecule has 3 aliphatic carbocycles. The minimum atomic E-state index is -0.903. The lowest BCUT2D eigenvalue weighted by Crippen LogP contribution is -2.44. The summed E-state index contributed by atoms with van der Waals surface area (Å²) in [6.45, 7) is 8.04. The normalized spacial score (nSPS) is 25.0. The molecule has 2 saturated carbocycles. The number of nitrogens with zero attached hydrogens (tertiary/aromatic N) is 2. The molecule has 2 aliphatic heterocycles. The Labute approximate surface area is 219 Å². The van der Waals surface area contributed by atoms with Crippen LogP contribution in [0.5, 0.6) is 0 Å². The van der Waals surface area contributed by atoms with Crippen molar-refractivity contribution in [2.45, 2.75) is 95.1 Å². The van der Waals surface area contributed by atoms with Crippen LogP contribution in [0.3, 0.4) is 0 Å². The number of carbonyl (C=O) groups is 1. The van der Waals surface area contributed by atoms with Gasteiger partial charge in [-0.2, -0.15) is 0 Å². The Morgan fingerprint density at radius 3 is 2.43 bits per heavy atom. The number of aromatic carboxylic acids is 1. The molecule has 7 rings (SSSR count). The summed E-state index contributed by atoms with van der Waals surface area (Å²) in [5.74, 6) is -0.102. The largest absolute Gasteiger partial charge is 0.478 e. The third-order valence-electron chi connectivity index (χ3n) is 9.74. The summed E-state index contributed by atoms with van der Waals surface area (Å²) in [6.07, 6.45) is 10.9. The second-order valence-corrected chi connectivity index (χ2v) is 13.4. The van der Waals surface area contributed by atoms with Crippen molar-refractivity contribution in [3.63, 3.8) is 0 Å². The zero-order chi connectivity index (χ0) is 25.4. The number of carboxylic acid groups (broad SMARTS) is 1. The van der Waals surface area contributed by atoms with Crippen LogP contribution in [0, 0.1) is 5.41 Å². The molecule has 0 unspecified atom stereocenters. The summed E-state index contributed by atoms with van der Waals surface area (Å²) in [5, 5.41) is 13.6. The topological polar surface area (TPSA) is 62.1 Å². The van der Waals surface area contributed by atoms with Crippen LogP contribution in [-0.2, 0) is 23.2 Å². The van der Waals surface area contributed by atoms with E-state index in [4.69, 9.17) is 9.94 Å². The molecule has 5 aliphatic rings. The Hall–Kier alpha value is -2.66. The van der Waals surface area contributed by atoms with E-state index in [1.807, 2.05) is 12.1 Å². The van der Waals surface area contributed by atoms with E-state index < -0.39 is 5.97 Å². The van der Waals surface area contributed by atoms with Gasteiger partial charge in [-0.25, -0.2) is 4.79 Å². The van der Waals surface area contributed by atoms with Gasteiger partial charge in [0.2, 0.25) is 0 Å². The van der Waals surface area contributed by atoms with E-state index in [-0.39, 0.29) is 5.60 Å². The molecule has 0 bridgehead atoms. The van der Waals surface area contributed by atoms with E-state index >= 15 is 0 Å². The van der Waals surface area contributed by atoms with Crippen LogP contribution in [-0.4, -0.2) is 40.4 Å². The van der Waals surface area contributed by atoms with Gasteiger partial charge in [-0.1, -0.05) is 43.3 Å². The summed E-state index contributed by atoms with van der Waals surface area (Å²) >= 11 is 0. The van der Waals surface area contributed by atoms with Gasteiger partial charge in [-0.3, -0.25) is 4.90 Å². The first-order valence-electron chi connectivity index (χ1n) is 14.2. The van der Waals surface area contributed by atoms with Gasteiger partial charge in [0.25, 0.3) is 0 Å². The van der Waals surface area contributed by atoms with Crippen LogP contribution in [0.15, 0.2) is 41.6 Å². The Morgan fingerprint density at radius 1 is 1.05 bits per heavy atom. The lowest BCUT2D eigenvalue weighted by Gasteiger charge is -2.40. The second-order valence-electron chi connectivity index (χ2n) is 13.4. The predicted octanol–water partition coefficient (Wildman–Crippen LogP) is 6.43. The van der Waals surface area contributed by atoms with Gasteiger partial charge < -0.3 is 9.94 Å². The first kappa shape index (κ1) is 23.5. The second kappa shape index (κ2) is 8.17. The summed E-state index contributed by atoms with van der Waals surface area (Å²) in [7, 11) is 0. The third kappa shape index (κ3) is 4.29. The van der Waals surface area contributed by atoms with Gasteiger partial charge in [0.15, 0.2) is 0 Å². The molecule has 0 amide bonds. The van der Waals surface area contributed by atoms with Gasteiger partial charge in [0.05, 0.1) is 11.3 Å². The number of likely N-dealkylation sites (tertiary alicyclic amines) is 1. The third-order valence-corrected chi connectivity index (χ3v) is 9.74. The molecule has 37 heavy (non-hydrogen) atoms. The molecule has 2 spiro atoms. The number of carboxylic acids is 1. The number of hydrogen-bond acceptors (Lipinski definition) is 4. The molecule has 2 aromatic carbocycles. The van der Waals surface area contributed by atoms with Crippen molar-refractivity contribution in [2.75, 3.05) is 13.1 Å². The fraction of sp³-hybridized carbons (Fsp3) is 0.562. The smallest absolute Gasteiger partial charge is 0.335 e. The molecular weight excluding hydrogens is 460 g/mol. The van der Waals surface area contributed by atoms with Crippen molar-refractivity contribution in [1.82, 2.24) is 4.90 Å². The summed E-state index contributed by atoms with van der Waals surface area (Å²) in [4.78, 5) is 19.8. The van der Waals surface area contributed by atoms with E-state index in [1.165, 1.54) is 44.1 Å². The number of hydrogen-bond donors (Lipinski definition) is 1. The highest BCUT2D eigenvalue weighted by Gasteiger charge is 2.52. The molecule has 2 heterocycles. The summed E-state index contributed by atoms with van der Waals surface area (Å²) in [5.41, 5.74) is 9.52. The van der Waals surface area contributed by atoms with Crippen molar-refractivity contribution in [2.24, 2.45) is 10.6 Å². The number of rotatable bonds is 5. The van der Waals surface area contributed by atoms with Crippen LogP contribution >= 0.6 is 0 Å². The van der Waals surface area contributed by atoms with Crippen molar-refractivity contribution >= 4 is 11.7 Å². The van der Waals surface area contributed by atoms with E-state index in [0.29, 0.717) is 16.4 Å². The maximum atomic E-state index is 11.2. The molecule has 0 aromatic heterocycles. The Balaban J connectivity index is 1.04. The summed E-state index contributed by atoms with van der Waals surface area (Å²) < 4.78 is 0. The van der Waals surface area contributed by atoms with Crippen LogP contribution < -0.4 is 0 Å². The lowest BCUT2D eigenvalue weighted by atomic mass is 9.65. The van der Waals surface area contributed by atoms with E-state index in [0.717, 1.165) is 56.1 Å². The average Bonchev–Trinajstić information content (AvgIpc) is 3.80. The maximum absolute atomic E-state index is 11.2. The molecule has 5 heteroatoms. The number of piperidine rings is 1. The lowest BCUT2D eigenvalue weighted by molar-refractivity contribution is -0.0627. The molecular formula is C32H38N2O3. The highest BCUT2D eigenvalue weighted by molar-refractivity contribution is 6.02. The molecule has 0 radical (unpaired) electrons. The van der Waals surface area contributed by atoms with Gasteiger partial charge in [-0.05, 0) is 95.2 Å². The Bertz CT molecular complexity index is 1280. The minimum Gasteiger partial charge on any atom is -0.478 e.